The van der Waals surface area contributed by atoms with Gasteiger partial charge in [0, 0.05) is 0 Å². The highest BCUT2D eigenvalue weighted by Crippen LogP contribution is 2.23. The van der Waals surface area contributed by atoms with E-state index in [0.29, 0.717) is 5.56 Å². The van der Waals surface area contributed by atoms with E-state index in [1.807, 2.05) is 19.9 Å². The zero-order chi connectivity index (χ0) is 11.6. The smallest absolute Gasteiger partial charge is 0.335 e. The molecule has 1 N–H and O–H groups in total. The summed E-state index contributed by atoms with van der Waals surface area (Å²) >= 11 is 0. The van der Waals surface area contributed by atoms with Gasteiger partial charge in [0.25, 0.3) is 0 Å². The fraction of sp³-hybridized carbons (Fsp3) is 0.462. The van der Waals surface area contributed by atoms with Crippen LogP contribution in [0, 0.1) is 13.8 Å². The van der Waals surface area contributed by atoms with Gasteiger partial charge in [0.05, 0.1) is 5.56 Å². The zero-order valence-electron chi connectivity index (χ0n) is 9.85. The maximum atomic E-state index is 11.1. The molecule has 1 rings (SSSR count). The molecule has 2 heteroatoms. The Morgan fingerprint density at radius 2 is 1.80 bits per heavy atom. The van der Waals surface area contributed by atoms with E-state index >= 15 is 0 Å². The Hall–Kier alpha value is -1.31. The van der Waals surface area contributed by atoms with E-state index in [4.69, 9.17) is 5.11 Å². The lowest BCUT2D eigenvalue weighted by Crippen LogP contribution is -2.07. The molecule has 2 nitrogen and oxygen atoms in total. The van der Waals surface area contributed by atoms with Crippen LogP contribution in [0.15, 0.2) is 6.07 Å². The molecule has 82 valence electrons. The Bertz CT molecular complexity index is 392. The van der Waals surface area contributed by atoms with Crippen LogP contribution < -0.4 is 0 Å². The van der Waals surface area contributed by atoms with E-state index in [1.54, 1.807) is 0 Å². The van der Waals surface area contributed by atoms with E-state index < -0.39 is 5.97 Å². The second kappa shape index (κ2) is 4.47. The van der Waals surface area contributed by atoms with E-state index in [1.165, 1.54) is 5.56 Å². The van der Waals surface area contributed by atoms with Gasteiger partial charge in [0.1, 0.15) is 0 Å². The first kappa shape index (κ1) is 11.8. The number of benzene rings is 1. The summed E-state index contributed by atoms with van der Waals surface area (Å²) < 4.78 is 0. The van der Waals surface area contributed by atoms with E-state index in [0.717, 1.165) is 29.5 Å². The summed E-state index contributed by atoms with van der Waals surface area (Å²) in [6, 6.07) is 1.82. The summed E-state index contributed by atoms with van der Waals surface area (Å²) in [7, 11) is 0. The highest BCUT2D eigenvalue weighted by Gasteiger charge is 2.14. The number of rotatable bonds is 3. The third-order valence-corrected chi connectivity index (χ3v) is 3.11. The largest absolute Gasteiger partial charge is 0.478 e. The molecule has 15 heavy (non-hydrogen) atoms. The summed E-state index contributed by atoms with van der Waals surface area (Å²) in [4.78, 5) is 11.1. The minimum absolute atomic E-state index is 0.470. The molecule has 0 saturated heterocycles. The number of aromatic carboxylic acids is 1. The molecule has 0 heterocycles. The monoisotopic (exact) mass is 206 g/mol. The fourth-order valence-corrected chi connectivity index (χ4v) is 2.05. The molecule has 0 fully saturated rings. The quantitative estimate of drug-likeness (QED) is 0.825. The van der Waals surface area contributed by atoms with Crippen LogP contribution in [0.4, 0.5) is 0 Å². The Labute approximate surface area is 90.9 Å². The molecule has 0 aliphatic heterocycles. The average Bonchev–Trinajstić information content (AvgIpc) is 2.21. The van der Waals surface area contributed by atoms with Gasteiger partial charge >= 0.3 is 5.97 Å². The molecule has 0 aliphatic carbocycles. The third kappa shape index (κ3) is 2.04. The van der Waals surface area contributed by atoms with Crippen molar-refractivity contribution < 1.29 is 9.90 Å². The minimum atomic E-state index is -0.815. The predicted molar refractivity (Wildman–Crippen MR) is 61.6 cm³/mol. The van der Waals surface area contributed by atoms with Gasteiger partial charge in [0.2, 0.25) is 0 Å². The fourth-order valence-electron chi connectivity index (χ4n) is 2.05. The van der Waals surface area contributed by atoms with E-state index in [-0.39, 0.29) is 0 Å². The lowest BCUT2D eigenvalue weighted by molar-refractivity contribution is 0.0695. The van der Waals surface area contributed by atoms with Gasteiger partial charge in [-0.2, -0.15) is 0 Å². The summed E-state index contributed by atoms with van der Waals surface area (Å²) in [5.41, 5.74) is 4.95. The molecular weight excluding hydrogens is 188 g/mol. The molecule has 1 aromatic carbocycles. The van der Waals surface area contributed by atoms with Gasteiger partial charge in [-0.15, -0.1) is 0 Å². The van der Waals surface area contributed by atoms with Crippen LogP contribution in [0.5, 0.6) is 0 Å². The van der Waals surface area contributed by atoms with Crippen molar-refractivity contribution in [2.24, 2.45) is 0 Å². The van der Waals surface area contributed by atoms with Crippen molar-refractivity contribution in [3.63, 3.8) is 0 Å². The Morgan fingerprint density at radius 1 is 1.20 bits per heavy atom. The molecule has 0 radical (unpaired) electrons. The normalized spacial score (nSPS) is 10.4. The molecule has 0 saturated carbocycles. The van der Waals surface area contributed by atoms with Crippen molar-refractivity contribution in [2.75, 3.05) is 0 Å². The number of carboxylic acid groups (broad SMARTS) is 1. The van der Waals surface area contributed by atoms with Crippen LogP contribution in [-0.4, -0.2) is 11.1 Å². The van der Waals surface area contributed by atoms with Gasteiger partial charge in [-0.1, -0.05) is 13.8 Å². The van der Waals surface area contributed by atoms with E-state index in [9.17, 15) is 4.79 Å². The molecular formula is C13H18O2. The third-order valence-electron chi connectivity index (χ3n) is 3.11. The summed E-state index contributed by atoms with van der Waals surface area (Å²) in [5, 5.41) is 9.13. The van der Waals surface area contributed by atoms with Gasteiger partial charge in [-0.05, 0) is 55.0 Å². The van der Waals surface area contributed by atoms with Gasteiger partial charge in [-0.3, -0.25) is 0 Å². The topological polar surface area (TPSA) is 37.3 Å². The second-order valence-electron chi connectivity index (χ2n) is 3.82. The van der Waals surface area contributed by atoms with Crippen molar-refractivity contribution in [1.82, 2.24) is 0 Å². The van der Waals surface area contributed by atoms with Crippen molar-refractivity contribution >= 4 is 5.97 Å². The number of carbonyl (C=O) groups is 1. The molecule has 0 spiro atoms. The van der Waals surface area contributed by atoms with Crippen molar-refractivity contribution in [1.29, 1.82) is 0 Å². The van der Waals surface area contributed by atoms with Gasteiger partial charge in [-0.25, -0.2) is 4.79 Å². The van der Waals surface area contributed by atoms with Crippen LogP contribution in [-0.2, 0) is 12.8 Å². The van der Waals surface area contributed by atoms with E-state index in [2.05, 4.69) is 13.8 Å². The molecule has 0 unspecified atom stereocenters. The Kier molecular flexibility index (Phi) is 3.51. The molecule has 1 aromatic rings. The van der Waals surface area contributed by atoms with Crippen LogP contribution in [0.2, 0.25) is 0 Å². The molecule has 0 aliphatic rings. The first-order chi connectivity index (χ1) is 7.02. The number of carboxylic acids is 1. The van der Waals surface area contributed by atoms with Crippen LogP contribution in [0.3, 0.4) is 0 Å². The highest BCUT2D eigenvalue weighted by molar-refractivity contribution is 5.90. The summed E-state index contributed by atoms with van der Waals surface area (Å²) in [6.07, 6.45) is 1.66. The molecule has 0 atom stereocenters. The van der Waals surface area contributed by atoms with Crippen molar-refractivity contribution in [3.05, 3.63) is 33.9 Å². The first-order valence-corrected chi connectivity index (χ1v) is 5.38. The zero-order valence-corrected chi connectivity index (χ0v) is 9.85. The van der Waals surface area contributed by atoms with Gasteiger partial charge in [0.15, 0.2) is 0 Å². The first-order valence-electron chi connectivity index (χ1n) is 5.38. The van der Waals surface area contributed by atoms with Crippen LogP contribution in [0.1, 0.15) is 46.5 Å². The standard InChI is InChI=1S/C13H18O2/c1-5-10-7-12(13(14)15)11(6-2)9(4)8(10)3/h7H,5-6H2,1-4H3,(H,14,15). The number of hydrogen-bond donors (Lipinski definition) is 1. The van der Waals surface area contributed by atoms with Crippen LogP contribution in [0.25, 0.3) is 0 Å². The average molecular weight is 206 g/mol. The summed E-state index contributed by atoms with van der Waals surface area (Å²) in [6.45, 7) is 8.14. The highest BCUT2D eigenvalue weighted by atomic mass is 16.4. The molecule has 0 aromatic heterocycles. The Morgan fingerprint density at radius 3 is 2.20 bits per heavy atom. The van der Waals surface area contributed by atoms with Crippen LogP contribution >= 0.6 is 0 Å². The second-order valence-corrected chi connectivity index (χ2v) is 3.82. The number of aryl methyl sites for hydroxylation is 1. The molecule has 0 amide bonds. The lowest BCUT2D eigenvalue weighted by atomic mass is 9.91. The SMILES string of the molecule is CCc1cc(C(=O)O)c(CC)c(C)c1C. The molecule has 0 bridgehead atoms. The number of hydrogen-bond acceptors (Lipinski definition) is 1. The lowest BCUT2D eigenvalue weighted by Gasteiger charge is -2.14. The maximum Gasteiger partial charge on any atom is 0.335 e. The van der Waals surface area contributed by atoms with Crippen molar-refractivity contribution in [3.8, 4) is 0 Å². The minimum Gasteiger partial charge on any atom is -0.478 e. The summed E-state index contributed by atoms with van der Waals surface area (Å²) in [5.74, 6) is -0.815. The van der Waals surface area contributed by atoms with Gasteiger partial charge < -0.3 is 5.11 Å². The predicted octanol–water partition coefficient (Wildman–Crippen LogP) is 3.13. The maximum absolute atomic E-state index is 11.1. The van der Waals surface area contributed by atoms with Crippen molar-refractivity contribution in [2.45, 2.75) is 40.5 Å². The Balaban J connectivity index is 3.51.